The van der Waals surface area contributed by atoms with Crippen LogP contribution in [-0.4, -0.2) is 18.9 Å². The first-order chi connectivity index (χ1) is 4.74. The molecule has 0 aromatic carbocycles. The quantitative estimate of drug-likeness (QED) is 0.537. The second kappa shape index (κ2) is 2.38. The molecule has 0 fully saturated rings. The first-order valence-electron chi connectivity index (χ1n) is 2.63. The number of nitrogens with zero attached hydrogens (tertiary/aromatic N) is 2. The van der Waals surface area contributed by atoms with Gasteiger partial charge in [-0.15, -0.1) is 10.2 Å². The third kappa shape index (κ3) is 1.07. The van der Waals surface area contributed by atoms with Gasteiger partial charge in [-0.3, -0.25) is 9.59 Å². The second-order valence-electron chi connectivity index (χ2n) is 1.65. The Morgan fingerprint density at radius 3 is 2.70 bits per heavy atom. The molecule has 52 valence electrons. The zero-order valence-electron chi connectivity index (χ0n) is 5.29. The Kier molecular flexibility index (Phi) is 1.57. The van der Waals surface area contributed by atoms with Gasteiger partial charge >= 0.3 is 0 Å². The molecule has 2 amide bonds. The smallest absolute Gasteiger partial charge is 0.290 e. The predicted octanol–water partition coefficient (Wildman–Crippen LogP) is -0.391. The third-order valence-corrected chi connectivity index (χ3v) is 0.976. The summed E-state index contributed by atoms with van der Waals surface area (Å²) in [5, 5.41) is 8.75. The number of carbonyl (C=O) groups is 2. The predicted molar refractivity (Wildman–Crippen MR) is 32.0 cm³/mol. The number of nitrogens with one attached hydrogen (secondary N) is 1. The Hall–Kier alpha value is -1.52. The molecule has 0 saturated carbocycles. The summed E-state index contributed by atoms with van der Waals surface area (Å²) in [6.45, 7) is 0. The lowest BCUT2D eigenvalue weighted by Crippen LogP contribution is -2.18. The van der Waals surface area contributed by atoms with Gasteiger partial charge in [-0.1, -0.05) is 0 Å². The van der Waals surface area contributed by atoms with Gasteiger partial charge in [0, 0.05) is 13.1 Å². The van der Waals surface area contributed by atoms with E-state index in [0.29, 0.717) is 0 Å². The van der Waals surface area contributed by atoms with Crippen LogP contribution in [0.1, 0.15) is 0 Å². The van der Waals surface area contributed by atoms with E-state index in [2.05, 4.69) is 15.5 Å². The van der Waals surface area contributed by atoms with Gasteiger partial charge in [0.2, 0.25) is 0 Å². The van der Waals surface area contributed by atoms with Crippen LogP contribution in [0, 0.1) is 0 Å². The summed E-state index contributed by atoms with van der Waals surface area (Å²) in [6.07, 6.45) is 1.08. The lowest BCUT2D eigenvalue weighted by molar-refractivity contribution is -0.117. The highest BCUT2D eigenvalue weighted by Crippen LogP contribution is 2.05. The lowest BCUT2D eigenvalue weighted by Gasteiger charge is -1.90. The highest BCUT2D eigenvalue weighted by Gasteiger charge is 2.13. The molecule has 1 aliphatic rings. The number of azo groups is 1. The molecule has 1 N–H and O–H groups in total. The topological polar surface area (TPSA) is 70.9 Å². The summed E-state index contributed by atoms with van der Waals surface area (Å²) in [6, 6.07) is 0. The molecule has 1 rings (SSSR count). The van der Waals surface area contributed by atoms with Gasteiger partial charge in [0.25, 0.3) is 11.8 Å². The lowest BCUT2D eigenvalue weighted by atomic mass is 10.4. The maximum Gasteiger partial charge on any atom is 0.290 e. The van der Waals surface area contributed by atoms with Crippen LogP contribution in [0.25, 0.3) is 0 Å². The monoisotopic (exact) mass is 139 g/mol. The molecule has 0 bridgehead atoms. The fraction of sp³-hybridized carbons (Fsp3) is 0.200. The van der Waals surface area contributed by atoms with Crippen molar-refractivity contribution in [3.05, 3.63) is 11.8 Å². The molecular weight excluding hydrogens is 134 g/mol. The van der Waals surface area contributed by atoms with Crippen molar-refractivity contribution in [2.24, 2.45) is 10.2 Å². The fourth-order valence-corrected chi connectivity index (χ4v) is 0.517. The molecule has 0 aromatic heterocycles. The molecule has 0 aliphatic carbocycles. The van der Waals surface area contributed by atoms with E-state index >= 15 is 0 Å². The summed E-state index contributed by atoms with van der Waals surface area (Å²) in [5.74, 6) is -0.881. The number of hydrogen-bond acceptors (Lipinski definition) is 3. The molecule has 0 atom stereocenters. The number of carbonyl (C=O) groups excluding carboxylic acids is 2. The first-order valence-corrected chi connectivity index (χ1v) is 2.63. The number of hydrogen-bond donors (Lipinski definition) is 1. The van der Waals surface area contributed by atoms with Crippen LogP contribution < -0.4 is 5.32 Å². The van der Waals surface area contributed by atoms with E-state index in [0.717, 1.165) is 6.08 Å². The number of likely N-dealkylation sites (N-methyl/N-ethyl adjacent to an activating group) is 1. The van der Waals surface area contributed by atoms with Crippen molar-refractivity contribution >= 4 is 11.8 Å². The van der Waals surface area contributed by atoms with Gasteiger partial charge < -0.3 is 5.32 Å². The average Bonchev–Trinajstić information content (AvgIpc) is 2.34. The third-order valence-electron chi connectivity index (χ3n) is 0.976. The van der Waals surface area contributed by atoms with Crippen LogP contribution in [0.2, 0.25) is 0 Å². The fourth-order valence-electron chi connectivity index (χ4n) is 0.517. The van der Waals surface area contributed by atoms with E-state index in [1.807, 2.05) is 0 Å². The molecule has 5 nitrogen and oxygen atoms in total. The van der Waals surface area contributed by atoms with E-state index in [1.54, 1.807) is 0 Å². The van der Waals surface area contributed by atoms with Crippen LogP contribution in [0.4, 0.5) is 0 Å². The van der Waals surface area contributed by atoms with Gasteiger partial charge in [-0.2, -0.15) is 0 Å². The van der Waals surface area contributed by atoms with E-state index in [9.17, 15) is 9.59 Å². The van der Waals surface area contributed by atoms with Crippen LogP contribution in [-0.2, 0) is 9.59 Å². The first kappa shape index (κ1) is 6.60. The van der Waals surface area contributed by atoms with E-state index in [1.165, 1.54) is 7.05 Å². The molecule has 0 radical (unpaired) electrons. The molecule has 5 heteroatoms. The summed E-state index contributed by atoms with van der Waals surface area (Å²) in [4.78, 5) is 21.0. The van der Waals surface area contributed by atoms with Crippen molar-refractivity contribution in [3.63, 3.8) is 0 Å². The summed E-state index contributed by atoms with van der Waals surface area (Å²) >= 11 is 0. The Morgan fingerprint density at radius 2 is 2.30 bits per heavy atom. The largest absolute Gasteiger partial charge is 0.354 e. The van der Waals surface area contributed by atoms with Gasteiger partial charge in [0.1, 0.15) is 0 Å². The molecule has 0 unspecified atom stereocenters. The van der Waals surface area contributed by atoms with E-state index in [-0.39, 0.29) is 5.70 Å². The molecule has 0 saturated heterocycles. The van der Waals surface area contributed by atoms with Crippen LogP contribution in [0.15, 0.2) is 22.0 Å². The molecule has 0 spiro atoms. The van der Waals surface area contributed by atoms with Gasteiger partial charge in [-0.25, -0.2) is 0 Å². The Bertz CT molecular complexity index is 241. The van der Waals surface area contributed by atoms with Crippen molar-refractivity contribution in [2.75, 3.05) is 7.05 Å². The number of rotatable bonds is 1. The molecular formula is C5H5N3O2. The Morgan fingerprint density at radius 1 is 1.60 bits per heavy atom. The van der Waals surface area contributed by atoms with Gasteiger partial charge in [-0.05, 0) is 0 Å². The summed E-state index contributed by atoms with van der Waals surface area (Å²) < 4.78 is 0. The zero-order chi connectivity index (χ0) is 7.56. The molecule has 1 aliphatic heterocycles. The van der Waals surface area contributed by atoms with E-state index in [4.69, 9.17) is 0 Å². The van der Waals surface area contributed by atoms with Gasteiger partial charge in [0.15, 0.2) is 5.70 Å². The van der Waals surface area contributed by atoms with Crippen molar-refractivity contribution in [1.82, 2.24) is 5.32 Å². The minimum absolute atomic E-state index is 0.0625. The average molecular weight is 139 g/mol. The minimum Gasteiger partial charge on any atom is -0.354 e. The SMILES string of the molecule is CNC(=O)C1=CC(=O)N=N1. The van der Waals surface area contributed by atoms with Crippen molar-refractivity contribution in [3.8, 4) is 0 Å². The maximum atomic E-state index is 10.7. The van der Waals surface area contributed by atoms with Crippen molar-refractivity contribution in [1.29, 1.82) is 0 Å². The Balaban J connectivity index is 2.77. The molecule has 0 aromatic rings. The standard InChI is InChI=1S/C5H5N3O2/c1-6-5(10)3-2-4(9)8-7-3/h2H,1H3,(H,6,10). The van der Waals surface area contributed by atoms with Crippen molar-refractivity contribution in [2.45, 2.75) is 0 Å². The molecule has 1 heterocycles. The maximum absolute atomic E-state index is 10.7. The van der Waals surface area contributed by atoms with E-state index < -0.39 is 11.8 Å². The highest BCUT2D eigenvalue weighted by atomic mass is 16.2. The minimum atomic E-state index is -0.487. The second-order valence-corrected chi connectivity index (χ2v) is 1.65. The zero-order valence-corrected chi connectivity index (χ0v) is 5.29. The summed E-state index contributed by atoms with van der Waals surface area (Å²) in [7, 11) is 1.46. The highest BCUT2D eigenvalue weighted by molar-refractivity contribution is 6.02. The van der Waals surface area contributed by atoms with Crippen LogP contribution in [0.3, 0.4) is 0 Å². The Labute approximate surface area is 56.8 Å². The van der Waals surface area contributed by atoms with Gasteiger partial charge in [0.05, 0.1) is 0 Å². The molecule has 10 heavy (non-hydrogen) atoms. The van der Waals surface area contributed by atoms with Crippen LogP contribution in [0.5, 0.6) is 0 Å². The summed E-state index contributed by atoms with van der Waals surface area (Å²) in [5.41, 5.74) is 0.0625. The van der Waals surface area contributed by atoms with Crippen molar-refractivity contribution < 1.29 is 9.59 Å². The number of amides is 2. The normalized spacial score (nSPS) is 15.3. The van der Waals surface area contributed by atoms with Crippen LogP contribution >= 0.6 is 0 Å².